The summed E-state index contributed by atoms with van der Waals surface area (Å²) in [5.74, 6) is 1.12. The number of halogens is 3. The molecule has 2 aromatic rings. The van der Waals surface area contributed by atoms with Crippen molar-refractivity contribution in [2.75, 3.05) is 0 Å². The van der Waals surface area contributed by atoms with Crippen LogP contribution in [0.1, 0.15) is 5.56 Å². The molecule has 0 amide bonds. The maximum atomic E-state index is 6.05. The first-order valence-electron chi connectivity index (χ1n) is 4.83. The average Bonchev–Trinajstić information content (AvgIpc) is 2.34. The van der Waals surface area contributed by atoms with Gasteiger partial charge in [-0.3, -0.25) is 0 Å². The molecule has 0 spiro atoms. The van der Waals surface area contributed by atoms with Gasteiger partial charge in [-0.05, 0) is 23.8 Å². The van der Waals surface area contributed by atoms with Crippen molar-refractivity contribution in [1.29, 1.82) is 0 Å². The molecule has 0 aliphatic carbocycles. The van der Waals surface area contributed by atoms with Crippen molar-refractivity contribution in [2.45, 2.75) is 5.33 Å². The van der Waals surface area contributed by atoms with Crippen LogP contribution in [0.3, 0.4) is 0 Å². The Bertz CT molecular complexity index is 516. The maximum absolute atomic E-state index is 6.05. The van der Waals surface area contributed by atoms with Crippen molar-refractivity contribution >= 4 is 43.5 Å². The molecule has 0 bridgehead atoms. The van der Waals surface area contributed by atoms with E-state index >= 15 is 0 Å². The van der Waals surface area contributed by atoms with Gasteiger partial charge in [0.05, 0.1) is 5.02 Å². The highest BCUT2D eigenvalue weighted by Gasteiger charge is 2.04. The van der Waals surface area contributed by atoms with Crippen LogP contribution in [0.15, 0.2) is 41.0 Å². The predicted octanol–water partition coefficient (Wildman–Crippen LogP) is 5.18. The molecule has 0 saturated carbocycles. The Morgan fingerprint density at radius 3 is 2.65 bits per heavy atom. The SMILES string of the molecule is Clc1cc(Br)ccc1Oc1ccc(CBr)cn1. The summed E-state index contributed by atoms with van der Waals surface area (Å²) in [6, 6.07) is 9.21. The van der Waals surface area contributed by atoms with Gasteiger partial charge in [-0.2, -0.15) is 0 Å². The van der Waals surface area contributed by atoms with Crippen LogP contribution in [0.25, 0.3) is 0 Å². The standard InChI is InChI=1S/C12H8Br2ClNO/c13-6-8-1-4-12(16-7-8)17-11-3-2-9(14)5-10(11)15/h1-5,7H,6H2. The van der Waals surface area contributed by atoms with Crippen molar-refractivity contribution in [3.05, 3.63) is 51.6 Å². The van der Waals surface area contributed by atoms with Crippen molar-refractivity contribution in [2.24, 2.45) is 0 Å². The summed E-state index contributed by atoms with van der Waals surface area (Å²) in [5.41, 5.74) is 1.10. The summed E-state index contributed by atoms with van der Waals surface area (Å²) in [5, 5.41) is 1.32. The zero-order chi connectivity index (χ0) is 12.3. The van der Waals surface area contributed by atoms with Crippen LogP contribution in [0.4, 0.5) is 0 Å². The Hall–Kier alpha value is -0.580. The summed E-state index contributed by atoms with van der Waals surface area (Å²) >= 11 is 12.7. The van der Waals surface area contributed by atoms with Gasteiger partial charge in [0, 0.05) is 22.1 Å². The first-order chi connectivity index (χ1) is 8.19. The minimum Gasteiger partial charge on any atom is -0.437 e. The zero-order valence-electron chi connectivity index (χ0n) is 8.66. The van der Waals surface area contributed by atoms with Crippen LogP contribution in [0.5, 0.6) is 11.6 Å². The summed E-state index contributed by atoms with van der Waals surface area (Å²) in [6.07, 6.45) is 1.76. The van der Waals surface area contributed by atoms with Gasteiger partial charge in [-0.25, -0.2) is 4.98 Å². The van der Waals surface area contributed by atoms with Gasteiger partial charge < -0.3 is 4.74 Å². The molecule has 1 heterocycles. The van der Waals surface area contributed by atoms with Gasteiger partial charge in [0.2, 0.25) is 5.88 Å². The molecule has 0 radical (unpaired) electrons. The number of benzene rings is 1. The highest BCUT2D eigenvalue weighted by atomic mass is 79.9. The summed E-state index contributed by atoms with van der Waals surface area (Å²) in [7, 11) is 0. The lowest BCUT2D eigenvalue weighted by Crippen LogP contribution is -1.89. The van der Waals surface area contributed by atoms with Crippen molar-refractivity contribution in [3.63, 3.8) is 0 Å². The molecule has 1 aromatic heterocycles. The average molecular weight is 377 g/mol. The van der Waals surface area contributed by atoms with E-state index in [1.54, 1.807) is 18.3 Å². The van der Waals surface area contributed by atoms with Crippen LogP contribution < -0.4 is 4.74 Å². The van der Waals surface area contributed by atoms with E-state index in [1.165, 1.54) is 0 Å². The monoisotopic (exact) mass is 375 g/mol. The number of rotatable bonds is 3. The molecule has 0 saturated heterocycles. The molecule has 88 valence electrons. The third-order valence-electron chi connectivity index (χ3n) is 2.06. The third kappa shape index (κ3) is 3.44. The van der Waals surface area contributed by atoms with Gasteiger partial charge in [0.25, 0.3) is 0 Å². The van der Waals surface area contributed by atoms with E-state index in [4.69, 9.17) is 16.3 Å². The topological polar surface area (TPSA) is 22.1 Å². The molecule has 0 unspecified atom stereocenters. The molecule has 0 fully saturated rings. The number of hydrogen-bond acceptors (Lipinski definition) is 2. The molecule has 0 N–H and O–H groups in total. The second-order valence-corrected chi connectivity index (χ2v) is 5.20. The van der Waals surface area contributed by atoms with Crippen LogP contribution >= 0.6 is 43.5 Å². The first-order valence-corrected chi connectivity index (χ1v) is 7.12. The van der Waals surface area contributed by atoms with E-state index in [9.17, 15) is 0 Å². The maximum Gasteiger partial charge on any atom is 0.219 e. The number of nitrogens with zero attached hydrogens (tertiary/aromatic N) is 1. The first kappa shape index (κ1) is 12.9. The molecule has 17 heavy (non-hydrogen) atoms. The van der Waals surface area contributed by atoms with E-state index in [0.717, 1.165) is 15.4 Å². The summed E-state index contributed by atoms with van der Waals surface area (Å²) in [4.78, 5) is 4.19. The summed E-state index contributed by atoms with van der Waals surface area (Å²) < 4.78 is 6.50. The predicted molar refractivity (Wildman–Crippen MR) is 76.1 cm³/mol. The van der Waals surface area contributed by atoms with Gasteiger partial charge in [-0.1, -0.05) is 49.5 Å². The number of ether oxygens (including phenoxy) is 1. The molecule has 0 aliphatic rings. The smallest absolute Gasteiger partial charge is 0.219 e. The Morgan fingerprint density at radius 2 is 2.06 bits per heavy atom. The van der Waals surface area contributed by atoms with Crippen LogP contribution in [0, 0.1) is 0 Å². The van der Waals surface area contributed by atoms with Crippen molar-refractivity contribution in [3.8, 4) is 11.6 Å². The third-order valence-corrected chi connectivity index (χ3v) is 3.50. The summed E-state index contributed by atoms with van der Waals surface area (Å²) in [6.45, 7) is 0. The lowest BCUT2D eigenvalue weighted by Gasteiger charge is -2.07. The second kappa shape index (κ2) is 5.85. The minimum atomic E-state index is 0.527. The Morgan fingerprint density at radius 1 is 1.24 bits per heavy atom. The number of hydrogen-bond donors (Lipinski definition) is 0. The fourth-order valence-corrected chi connectivity index (χ4v) is 2.26. The minimum absolute atomic E-state index is 0.527. The fraction of sp³-hybridized carbons (Fsp3) is 0.0833. The zero-order valence-corrected chi connectivity index (χ0v) is 12.6. The largest absolute Gasteiger partial charge is 0.437 e. The molecule has 2 nitrogen and oxygen atoms in total. The van der Waals surface area contributed by atoms with E-state index in [0.29, 0.717) is 16.7 Å². The Balaban J connectivity index is 2.19. The number of alkyl halides is 1. The Kier molecular flexibility index (Phi) is 4.42. The molecule has 5 heteroatoms. The lowest BCUT2D eigenvalue weighted by atomic mass is 10.3. The van der Waals surface area contributed by atoms with Gasteiger partial charge >= 0.3 is 0 Å². The molecule has 0 aliphatic heterocycles. The highest BCUT2D eigenvalue weighted by Crippen LogP contribution is 2.30. The fourth-order valence-electron chi connectivity index (χ4n) is 1.22. The quantitative estimate of drug-likeness (QED) is 0.687. The van der Waals surface area contributed by atoms with Crippen molar-refractivity contribution < 1.29 is 4.74 Å². The van der Waals surface area contributed by atoms with E-state index in [-0.39, 0.29) is 0 Å². The normalized spacial score (nSPS) is 10.3. The Labute approximate surface area is 121 Å². The van der Waals surface area contributed by atoms with E-state index in [2.05, 4.69) is 36.8 Å². The highest BCUT2D eigenvalue weighted by molar-refractivity contribution is 9.10. The van der Waals surface area contributed by atoms with Gasteiger partial charge in [0.1, 0.15) is 5.75 Å². The van der Waals surface area contributed by atoms with E-state index in [1.807, 2.05) is 18.2 Å². The number of pyridine rings is 1. The van der Waals surface area contributed by atoms with Crippen LogP contribution in [0.2, 0.25) is 5.02 Å². The molecule has 2 rings (SSSR count). The molecular weight excluding hydrogens is 369 g/mol. The van der Waals surface area contributed by atoms with Gasteiger partial charge in [-0.15, -0.1) is 0 Å². The molecular formula is C12H8Br2ClNO. The van der Waals surface area contributed by atoms with E-state index < -0.39 is 0 Å². The lowest BCUT2D eigenvalue weighted by molar-refractivity contribution is 0.463. The molecule has 0 atom stereocenters. The van der Waals surface area contributed by atoms with Crippen LogP contribution in [-0.4, -0.2) is 4.98 Å². The van der Waals surface area contributed by atoms with Gasteiger partial charge in [0.15, 0.2) is 0 Å². The number of aromatic nitrogens is 1. The van der Waals surface area contributed by atoms with Crippen LogP contribution in [-0.2, 0) is 5.33 Å². The van der Waals surface area contributed by atoms with Crippen molar-refractivity contribution in [1.82, 2.24) is 4.98 Å². The molecule has 1 aromatic carbocycles. The second-order valence-electron chi connectivity index (χ2n) is 3.32.